The van der Waals surface area contributed by atoms with Crippen molar-refractivity contribution in [1.82, 2.24) is 15.0 Å². The Balaban J connectivity index is 2.14. The predicted molar refractivity (Wildman–Crippen MR) is 107 cm³/mol. The molecule has 158 valence electrons. The maximum absolute atomic E-state index is 14.6. The molecule has 3 heterocycles. The first-order valence-corrected chi connectivity index (χ1v) is 10.5. The van der Waals surface area contributed by atoms with Gasteiger partial charge in [0.25, 0.3) is 10.1 Å². The Labute approximate surface area is 171 Å². The fourth-order valence-electron chi connectivity index (χ4n) is 2.94. The summed E-state index contributed by atoms with van der Waals surface area (Å²) < 4.78 is 60.4. The Hall–Kier alpha value is -3.10. The van der Waals surface area contributed by atoms with Crippen LogP contribution < -0.4 is 5.32 Å². The van der Waals surface area contributed by atoms with Crippen LogP contribution in [0.1, 0.15) is 26.3 Å². The highest BCUT2D eigenvalue weighted by Crippen LogP contribution is 2.32. The standard InChI is InChI=1S/C19H19F2N5O3S/c1-19(2,3)15(9-30(27,28)29)25-18-14(21)4-10(6-22)16(26-18)13-8-24-17-12(13)5-11(20)7-23-17/h4-5,7-8,15H,9H2,1-3H3,(H,23,24)(H,25,26)(H,27,28,29). The third kappa shape index (κ3) is 4.55. The number of H-pyrrole nitrogens is 1. The molecule has 0 radical (unpaired) electrons. The van der Waals surface area contributed by atoms with Crippen LogP contribution in [0.4, 0.5) is 14.6 Å². The fraction of sp³-hybridized carbons (Fsp3) is 0.316. The third-order valence-corrected chi connectivity index (χ3v) is 5.34. The second-order valence-corrected chi connectivity index (χ2v) is 9.39. The minimum atomic E-state index is -4.36. The molecule has 3 aromatic heterocycles. The van der Waals surface area contributed by atoms with E-state index in [-0.39, 0.29) is 17.1 Å². The lowest BCUT2D eigenvalue weighted by atomic mass is 9.88. The van der Waals surface area contributed by atoms with E-state index in [0.29, 0.717) is 16.6 Å². The van der Waals surface area contributed by atoms with Crippen molar-refractivity contribution >= 4 is 27.0 Å². The Morgan fingerprint density at radius 3 is 2.63 bits per heavy atom. The molecular weight excluding hydrogens is 416 g/mol. The highest BCUT2D eigenvalue weighted by molar-refractivity contribution is 7.85. The second kappa shape index (κ2) is 7.62. The maximum Gasteiger partial charge on any atom is 0.266 e. The molecule has 3 aromatic rings. The first-order valence-electron chi connectivity index (χ1n) is 8.84. The van der Waals surface area contributed by atoms with E-state index in [2.05, 4.69) is 20.3 Å². The van der Waals surface area contributed by atoms with Crippen LogP contribution >= 0.6 is 0 Å². The number of halogens is 2. The Bertz CT molecular complexity index is 1260. The monoisotopic (exact) mass is 435 g/mol. The van der Waals surface area contributed by atoms with Gasteiger partial charge in [0.1, 0.15) is 17.5 Å². The Kier molecular flexibility index (Phi) is 5.49. The van der Waals surface area contributed by atoms with Gasteiger partial charge < -0.3 is 10.3 Å². The average molecular weight is 435 g/mol. The summed E-state index contributed by atoms with van der Waals surface area (Å²) in [5.41, 5.74) is -0.0235. The van der Waals surface area contributed by atoms with Crippen LogP contribution in [0.3, 0.4) is 0 Å². The fourth-order valence-corrected chi connectivity index (χ4v) is 3.94. The summed E-state index contributed by atoms with van der Waals surface area (Å²) in [6.07, 6.45) is 2.50. The topological polar surface area (TPSA) is 132 Å². The van der Waals surface area contributed by atoms with Crippen molar-refractivity contribution in [3.05, 3.63) is 41.7 Å². The molecule has 0 aliphatic rings. The number of nitriles is 1. The predicted octanol–water partition coefficient (Wildman–Crippen LogP) is 3.49. The Morgan fingerprint density at radius 1 is 1.33 bits per heavy atom. The summed E-state index contributed by atoms with van der Waals surface area (Å²) in [6.45, 7) is 5.14. The van der Waals surface area contributed by atoms with Gasteiger partial charge in [0, 0.05) is 23.2 Å². The molecule has 1 atom stereocenters. The van der Waals surface area contributed by atoms with Gasteiger partial charge in [-0.05, 0) is 17.5 Å². The van der Waals surface area contributed by atoms with Crippen molar-refractivity contribution < 1.29 is 21.8 Å². The van der Waals surface area contributed by atoms with Gasteiger partial charge in [0.15, 0.2) is 11.6 Å². The quantitative estimate of drug-likeness (QED) is 0.523. The molecular formula is C19H19F2N5O3S. The van der Waals surface area contributed by atoms with Crippen LogP contribution in [0.2, 0.25) is 0 Å². The summed E-state index contributed by atoms with van der Waals surface area (Å²) in [6, 6.07) is 3.14. The molecule has 11 heteroatoms. The largest absolute Gasteiger partial charge is 0.363 e. The number of aromatic nitrogens is 3. The lowest BCUT2D eigenvalue weighted by molar-refractivity contribution is 0.351. The zero-order chi connectivity index (χ0) is 22.3. The van der Waals surface area contributed by atoms with E-state index in [1.807, 2.05) is 6.07 Å². The molecule has 1 unspecified atom stereocenters. The Morgan fingerprint density at radius 2 is 2.03 bits per heavy atom. The maximum atomic E-state index is 14.6. The van der Waals surface area contributed by atoms with Crippen molar-refractivity contribution in [1.29, 1.82) is 5.26 Å². The van der Waals surface area contributed by atoms with Gasteiger partial charge in [-0.3, -0.25) is 4.55 Å². The van der Waals surface area contributed by atoms with E-state index in [1.165, 1.54) is 12.3 Å². The third-order valence-electron chi connectivity index (χ3n) is 4.58. The molecule has 0 fully saturated rings. The molecule has 0 saturated carbocycles. The summed E-state index contributed by atoms with van der Waals surface area (Å²) in [4.78, 5) is 11.0. The second-order valence-electron chi connectivity index (χ2n) is 7.89. The van der Waals surface area contributed by atoms with Crippen LogP contribution in [-0.4, -0.2) is 39.7 Å². The van der Waals surface area contributed by atoms with Crippen LogP contribution in [0.25, 0.3) is 22.3 Å². The van der Waals surface area contributed by atoms with Crippen LogP contribution in [0.5, 0.6) is 0 Å². The van der Waals surface area contributed by atoms with E-state index in [9.17, 15) is 27.0 Å². The van der Waals surface area contributed by atoms with Crippen molar-refractivity contribution in [2.45, 2.75) is 26.8 Å². The molecule has 0 amide bonds. The number of hydrogen-bond acceptors (Lipinski definition) is 6. The minimum absolute atomic E-state index is 0.0690. The number of aromatic amines is 1. The van der Waals surface area contributed by atoms with Gasteiger partial charge in [-0.2, -0.15) is 13.7 Å². The summed E-state index contributed by atoms with van der Waals surface area (Å²) >= 11 is 0. The smallest absolute Gasteiger partial charge is 0.266 e. The molecule has 0 aromatic carbocycles. The number of hydrogen-bond donors (Lipinski definition) is 3. The highest BCUT2D eigenvalue weighted by atomic mass is 32.2. The lowest BCUT2D eigenvalue weighted by Crippen LogP contribution is -2.40. The number of fused-ring (bicyclic) bond motifs is 1. The van der Waals surface area contributed by atoms with E-state index in [1.54, 1.807) is 20.8 Å². The normalized spacial score (nSPS) is 13.2. The lowest BCUT2D eigenvalue weighted by Gasteiger charge is -2.31. The molecule has 30 heavy (non-hydrogen) atoms. The van der Waals surface area contributed by atoms with Crippen LogP contribution in [0.15, 0.2) is 24.5 Å². The summed E-state index contributed by atoms with van der Waals surface area (Å²) in [7, 11) is -4.36. The minimum Gasteiger partial charge on any atom is -0.363 e. The molecule has 3 rings (SSSR count). The van der Waals surface area contributed by atoms with E-state index < -0.39 is 39.0 Å². The zero-order valence-corrected chi connectivity index (χ0v) is 17.2. The summed E-state index contributed by atoms with van der Waals surface area (Å²) in [5.74, 6) is -2.44. The van der Waals surface area contributed by atoms with Gasteiger partial charge >= 0.3 is 0 Å². The van der Waals surface area contributed by atoms with Crippen LogP contribution in [0, 0.1) is 28.4 Å². The van der Waals surface area contributed by atoms with Crippen molar-refractivity contribution in [3.8, 4) is 17.3 Å². The molecule has 0 aliphatic carbocycles. The highest BCUT2D eigenvalue weighted by Gasteiger charge is 2.30. The van der Waals surface area contributed by atoms with Gasteiger partial charge in [-0.1, -0.05) is 20.8 Å². The van der Waals surface area contributed by atoms with Gasteiger partial charge in [0.05, 0.1) is 23.2 Å². The van der Waals surface area contributed by atoms with Crippen molar-refractivity contribution in [2.24, 2.45) is 5.41 Å². The van der Waals surface area contributed by atoms with E-state index in [4.69, 9.17) is 0 Å². The van der Waals surface area contributed by atoms with Gasteiger partial charge in [-0.25, -0.2) is 18.7 Å². The first kappa shape index (κ1) is 21.6. The van der Waals surface area contributed by atoms with E-state index in [0.717, 1.165) is 12.3 Å². The van der Waals surface area contributed by atoms with E-state index >= 15 is 0 Å². The molecule has 8 nitrogen and oxygen atoms in total. The van der Waals surface area contributed by atoms with Gasteiger partial charge in [0.2, 0.25) is 0 Å². The molecule has 0 aliphatic heterocycles. The van der Waals surface area contributed by atoms with Crippen LogP contribution in [-0.2, 0) is 10.1 Å². The number of rotatable bonds is 5. The van der Waals surface area contributed by atoms with Crippen molar-refractivity contribution in [2.75, 3.05) is 11.1 Å². The number of nitrogens with one attached hydrogen (secondary N) is 2. The zero-order valence-electron chi connectivity index (χ0n) is 16.4. The number of pyridine rings is 2. The molecule has 0 saturated heterocycles. The number of anilines is 1. The molecule has 0 bridgehead atoms. The summed E-state index contributed by atoms with van der Waals surface area (Å²) in [5, 5.41) is 12.5. The van der Waals surface area contributed by atoms with Gasteiger partial charge in [-0.15, -0.1) is 0 Å². The molecule has 3 N–H and O–H groups in total. The molecule has 0 spiro atoms. The van der Waals surface area contributed by atoms with Crippen molar-refractivity contribution in [3.63, 3.8) is 0 Å². The SMILES string of the molecule is CC(C)(C)C(CS(=O)(=O)O)Nc1nc(-c2c[nH]c3ncc(F)cc23)c(C#N)cc1F. The average Bonchev–Trinajstić information content (AvgIpc) is 3.03. The number of nitrogens with zero attached hydrogens (tertiary/aromatic N) is 3. The first-order chi connectivity index (χ1) is 13.9.